The number of nitrogens with zero attached hydrogens (tertiary/aromatic N) is 1. The fourth-order valence-electron chi connectivity index (χ4n) is 2.43. The summed E-state index contributed by atoms with van der Waals surface area (Å²) in [6.45, 7) is 5.19. The summed E-state index contributed by atoms with van der Waals surface area (Å²) >= 11 is 1.92. The molecule has 0 saturated heterocycles. The van der Waals surface area contributed by atoms with E-state index in [1.165, 1.54) is 18.2 Å². The van der Waals surface area contributed by atoms with Crippen molar-refractivity contribution in [2.75, 3.05) is 13.7 Å². The standard InChI is InChI=1S/C20H23IN2O5/c1-13(2)8-9-28-18-7-4-14(10-19(18)27-3)12-22-20(24)16-6-5-15(23(25)26)11-17(16)21/h4-7,10-11,13H,8-9,12H2,1-3H3,(H,22,24). The first-order chi connectivity index (χ1) is 13.3. The highest BCUT2D eigenvalue weighted by molar-refractivity contribution is 14.1. The highest BCUT2D eigenvalue weighted by Gasteiger charge is 2.15. The van der Waals surface area contributed by atoms with Crippen molar-refractivity contribution in [3.8, 4) is 11.5 Å². The summed E-state index contributed by atoms with van der Waals surface area (Å²) in [5, 5.41) is 13.6. The topological polar surface area (TPSA) is 90.7 Å². The zero-order chi connectivity index (χ0) is 20.7. The molecule has 1 N–H and O–H groups in total. The van der Waals surface area contributed by atoms with Crippen molar-refractivity contribution >= 4 is 34.2 Å². The summed E-state index contributed by atoms with van der Waals surface area (Å²) < 4.78 is 11.7. The van der Waals surface area contributed by atoms with Crippen LogP contribution in [0.5, 0.6) is 11.5 Å². The van der Waals surface area contributed by atoms with Gasteiger partial charge in [0.25, 0.3) is 11.6 Å². The lowest BCUT2D eigenvalue weighted by Crippen LogP contribution is -2.23. The number of nitro benzene ring substituents is 1. The van der Waals surface area contributed by atoms with Crippen LogP contribution in [0.4, 0.5) is 5.69 Å². The van der Waals surface area contributed by atoms with Crippen molar-refractivity contribution in [2.24, 2.45) is 5.92 Å². The second kappa shape index (κ2) is 10.3. The van der Waals surface area contributed by atoms with Crippen molar-refractivity contribution < 1.29 is 19.2 Å². The summed E-state index contributed by atoms with van der Waals surface area (Å²) in [6.07, 6.45) is 0.953. The van der Waals surface area contributed by atoms with Crippen LogP contribution in [0.3, 0.4) is 0 Å². The van der Waals surface area contributed by atoms with Crippen LogP contribution in [0.25, 0.3) is 0 Å². The van der Waals surface area contributed by atoms with Crippen molar-refractivity contribution in [1.29, 1.82) is 0 Å². The molecular formula is C20H23IN2O5. The van der Waals surface area contributed by atoms with Crippen LogP contribution >= 0.6 is 22.6 Å². The van der Waals surface area contributed by atoms with Gasteiger partial charge >= 0.3 is 0 Å². The lowest BCUT2D eigenvalue weighted by Gasteiger charge is -2.13. The Morgan fingerprint density at radius 1 is 1.21 bits per heavy atom. The van der Waals surface area contributed by atoms with Gasteiger partial charge in [-0.1, -0.05) is 19.9 Å². The van der Waals surface area contributed by atoms with E-state index in [0.29, 0.717) is 39.7 Å². The Bertz CT molecular complexity index is 854. The van der Waals surface area contributed by atoms with Gasteiger partial charge in [-0.05, 0) is 58.7 Å². The normalized spacial score (nSPS) is 10.6. The molecule has 7 nitrogen and oxygen atoms in total. The Labute approximate surface area is 177 Å². The third-order valence-corrected chi connectivity index (χ3v) is 4.93. The molecule has 0 aromatic heterocycles. The van der Waals surface area contributed by atoms with Gasteiger partial charge in [-0.15, -0.1) is 0 Å². The van der Waals surface area contributed by atoms with Crippen molar-refractivity contribution in [1.82, 2.24) is 5.32 Å². The molecule has 2 rings (SSSR count). The lowest BCUT2D eigenvalue weighted by atomic mass is 10.1. The van der Waals surface area contributed by atoms with Gasteiger partial charge in [-0.3, -0.25) is 14.9 Å². The monoisotopic (exact) mass is 498 g/mol. The van der Waals surface area contributed by atoms with E-state index in [4.69, 9.17) is 9.47 Å². The van der Waals surface area contributed by atoms with E-state index in [1.54, 1.807) is 7.11 Å². The van der Waals surface area contributed by atoms with Crippen LogP contribution < -0.4 is 14.8 Å². The van der Waals surface area contributed by atoms with E-state index in [0.717, 1.165) is 12.0 Å². The summed E-state index contributed by atoms with van der Waals surface area (Å²) in [6, 6.07) is 9.68. The van der Waals surface area contributed by atoms with Gasteiger partial charge in [0.15, 0.2) is 11.5 Å². The third-order valence-electron chi connectivity index (χ3n) is 4.04. The molecule has 150 valence electrons. The maximum Gasteiger partial charge on any atom is 0.270 e. The number of carbonyl (C=O) groups excluding carboxylic acids is 1. The molecule has 0 spiro atoms. The predicted molar refractivity (Wildman–Crippen MR) is 115 cm³/mol. The number of carbonyl (C=O) groups is 1. The van der Waals surface area contributed by atoms with E-state index < -0.39 is 4.92 Å². The molecule has 8 heteroatoms. The van der Waals surface area contributed by atoms with E-state index >= 15 is 0 Å². The summed E-state index contributed by atoms with van der Waals surface area (Å²) in [7, 11) is 1.58. The minimum atomic E-state index is -0.485. The van der Waals surface area contributed by atoms with E-state index in [2.05, 4.69) is 19.2 Å². The quantitative estimate of drug-likeness (QED) is 0.311. The fourth-order valence-corrected chi connectivity index (χ4v) is 3.17. The number of hydrogen-bond acceptors (Lipinski definition) is 5. The van der Waals surface area contributed by atoms with Gasteiger partial charge in [-0.25, -0.2) is 0 Å². The number of methoxy groups -OCH3 is 1. The molecule has 28 heavy (non-hydrogen) atoms. The molecule has 1 amide bonds. The number of ether oxygens (including phenoxy) is 2. The highest BCUT2D eigenvalue weighted by atomic mass is 127. The zero-order valence-corrected chi connectivity index (χ0v) is 18.2. The SMILES string of the molecule is COc1cc(CNC(=O)c2ccc([N+](=O)[O-])cc2I)ccc1OCCC(C)C. The Balaban J connectivity index is 2.02. The molecule has 2 aromatic rings. The number of nitrogens with one attached hydrogen (secondary N) is 1. The van der Waals surface area contributed by atoms with Crippen LogP contribution in [0.15, 0.2) is 36.4 Å². The van der Waals surface area contributed by atoms with E-state index in [-0.39, 0.29) is 11.6 Å². The molecule has 0 atom stereocenters. The number of nitro groups is 1. The van der Waals surface area contributed by atoms with Crippen LogP contribution in [0, 0.1) is 19.6 Å². The first-order valence-corrected chi connectivity index (χ1v) is 9.91. The molecule has 0 aliphatic carbocycles. The number of benzene rings is 2. The molecule has 0 aliphatic rings. The smallest absolute Gasteiger partial charge is 0.270 e. The van der Waals surface area contributed by atoms with Crippen LogP contribution in [0.1, 0.15) is 36.2 Å². The first-order valence-electron chi connectivity index (χ1n) is 8.83. The summed E-state index contributed by atoms with van der Waals surface area (Å²) in [4.78, 5) is 22.7. The molecular weight excluding hydrogens is 475 g/mol. The minimum Gasteiger partial charge on any atom is -0.493 e. The Hall–Kier alpha value is -2.36. The van der Waals surface area contributed by atoms with Crippen molar-refractivity contribution in [3.63, 3.8) is 0 Å². The van der Waals surface area contributed by atoms with Crippen LogP contribution in [-0.2, 0) is 6.54 Å². The predicted octanol–water partition coefficient (Wildman–Crippen LogP) is 4.56. The van der Waals surface area contributed by atoms with Gasteiger partial charge in [0.05, 0.1) is 24.2 Å². The number of non-ortho nitro benzene ring substituents is 1. The van der Waals surface area contributed by atoms with Crippen molar-refractivity contribution in [2.45, 2.75) is 26.8 Å². The highest BCUT2D eigenvalue weighted by Crippen LogP contribution is 2.28. The van der Waals surface area contributed by atoms with Gasteiger partial charge in [-0.2, -0.15) is 0 Å². The van der Waals surface area contributed by atoms with Gasteiger partial charge in [0, 0.05) is 22.2 Å². The first kappa shape index (κ1) is 21.9. The molecule has 0 aliphatic heterocycles. The lowest BCUT2D eigenvalue weighted by molar-refractivity contribution is -0.384. The second-order valence-corrected chi connectivity index (χ2v) is 7.78. The van der Waals surface area contributed by atoms with Crippen molar-refractivity contribution in [3.05, 3.63) is 61.2 Å². The maximum atomic E-state index is 12.4. The minimum absolute atomic E-state index is 0.0428. The molecule has 0 saturated carbocycles. The van der Waals surface area contributed by atoms with E-state index in [9.17, 15) is 14.9 Å². The fraction of sp³-hybridized carbons (Fsp3) is 0.350. The van der Waals surface area contributed by atoms with Gasteiger partial charge in [0.1, 0.15) is 0 Å². The number of hydrogen-bond donors (Lipinski definition) is 1. The molecule has 2 aromatic carbocycles. The zero-order valence-electron chi connectivity index (χ0n) is 16.0. The summed E-state index contributed by atoms with van der Waals surface area (Å²) in [5.74, 6) is 1.54. The van der Waals surface area contributed by atoms with Crippen LogP contribution in [0.2, 0.25) is 0 Å². The summed E-state index contributed by atoms with van der Waals surface area (Å²) in [5.41, 5.74) is 1.21. The number of halogens is 1. The van der Waals surface area contributed by atoms with Crippen LogP contribution in [-0.4, -0.2) is 24.5 Å². The number of rotatable bonds is 9. The van der Waals surface area contributed by atoms with Gasteiger partial charge < -0.3 is 14.8 Å². The van der Waals surface area contributed by atoms with E-state index in [1.807, 2.05) is 40.8 Å². The Morgan fingerprint density at radius 2 is 1.96 bits per heavy atom. The maximum absolute atomic E-state index is 12.4. The average Bonchev–Trinajstić information content (AvgIpc) is 2.66. The Kier molecular flexibility index (Phi) is 8.04. The molecule has 0 heterocycles. The second-order valence-electron chi connectivity index (χ2n) is 6.62. The molecule has 0 bridgehead atoms. The molecule has 0 fully saturated rings. The van der Waals surface area contributed by atoms with Gasteiger partial charge in [0.2, 0.25) is 0 Å². The number of amides is 1. The average molecular weight is 498 g/mol. The Morgan fingerprint density at radius 3 is 2.57 bits per heavy atom. The largest absolute Gasteiger partial charge is 0.493 e. The molecule has 0 radical (unpaired) electrons. The molecule has 0 unspecified atom stereocenters. The third kappa shape index (κ3) is 6.08.